The summed E-state index contributed by atoms with van der Waals surface area (Å²) in [5.41, 5.74) is 1.74. The van der Waals surface area contributed by atoms with Crippen LogP contribution in [-0.2, 0) is 73.0 Å². The maximum Gasteiger partial charge on any atom is 0.325 e. The molecule has 4 rings (SSSR count). The molecule has 0 saturated carbocycles. The van der Waals surface area contributed by atoms with Crippen molar-refractivity contribution < 1.29 is 97.2 Å². The molecule has 10 atom stereocenters. The Labute approximate surface area is 420 Å². The van der Waals surface area contributed by atoms with E-state index < -0.39 is 88.9 Å². The first-order valence-corrected chi connectivity index (χ1v) is 28.9. The average molecular weight is 1080 g/mol. The second-order valence-electron chi connectivity index (χ2n) is 18.3. The van der Waals surface area contributed by atoms with E-state index in [1.807, 2.05) is 12.4 Å². The fourth-order valence-corrected chi connectivity index (χ4v) is 8.98. The van der Waals surface area contributed by atoms with Gasteiger partial charge in [0.15, 0.2) is 12.6 Å². The Morgan fingerprint density at radius 3 is 1.10 bits per heavy atom. The average Bonchev–Trinajstić information content (AvgIpc) is 4.00. The number of ether oxygens (including phenoxy) is 8. The number of rotatable bonds is 41. The van der Waals surface area contributed by atoms with Gasteiger partial charge in [-0.15, -0.1) is 10.2 Å². The van der Waals surface area contributed by atoms with Crippen LogP contribution < -0.4 is 0 Å². The van der Waals surface area contributed by atoms with E-state index in [9.17, 15) is 39.8 Å². The number of aliphatic hydroxyl groups is 6. The van der Waals surface area contributed by atoms with Crippen molar-refractivity contribution in [1.29, 1.82) is 0 Å². The van der Waals surface area contributed by atoms with Gasteiger partial charge in [0.2, 0.25) is 0 Å². The van der Waals surface area contributed by atoms with Crippen molar-refractivity contribution in [2.75, 3.05) is 78.4 Å². The Hall–Kier alpha value is -1.98. The first kappa shape index (κ1) is 62.6. The molecule has 10 N–H and O–H groups in total. The largest absolute Gasteiger partial charge is 0.388 e. The van der Waals surface area contributed by atoms with Crippen molar-refractivity contribution in [2.45, 2.75) is 177 Å². The minimum atomic E-state index is -4.32. The van der Waals surface area contributed by atoms with Crippen molar-refractivity contribution in [3.05, 3.63) is 23.8 Å². The summed E-state index contributed by atoms with van der Waals surface area (Å²) in [6, 6.07) is 0. The summed E-state index contributed by atoms with van der Waals surface area (Å²) in [6.07, 6.45) is -0.0775. The zero-order valence-corrected chi connectivity index (χ0v) is 43.1. The molecule has 72 heavy (non-hydrogen) atoms. The molecule has 4 heterocycles. The summed E-state index contributed by atoms with van der Waals surface area (Å²) in [5.74, 6) is 0. The quantitative estimate of drug-likeness (QED) is 0.0314. The molecule has 0 unspecified atom stereocenters. The third kappa shape index (κ3) is 25.7. The van der Waals surface area contributed by atoms with Crippen LogP contribution in [-0.4, -0.2) is 220 Å². The van der Waals surface area contributed by atoms with Crippen molar-refractivity contribution in [1.82, 2.24) is 30.0 Å². The highest BCUT2D eigenvalue weighted by Crippen LogP contribution is 2.38. The second kappa shape index (κ2) is 34.6. The van der Waals surface area contributed by atoms with Gasteiger partial charge in [-0.25, -0.2) is 0 Å². The van der Waals surface area contributed by atoms with Gasteiger partial charge in [-0.2, -0.15) is 0 Å². The van der Waals surface area contributed by atoms with Crippen molar-refractivity contribution in [3.8, 4) is 0 Å². The van der Waals surface area contributed by atoms with Crippen molar-refractivity contribution in [2.24, 2.45) is 0 Å². The topological polar surface area (TPSA) is 372 Å². The lowest BCUT2D eigenvalue weighted by atomic mass is 9.97. The Balaban J connectivity index is 0.850. The van der Waals surface area contributed by atoms with Gasteiger partial charge in [0.1, 0.15) is 36.6 Å². The van der Waals surface area contributed by atoms with E-state index >= 15 is 0 Å². The van der Waals surface area contributed by atoms with Gasteiger partial charge < -0.3 is 88.1 Å². The molecular formula is C44H82N6O20P2. The highest BCUT2D eigenvalue weighted by atomic mass is 31.2. The van der Waals surface area contributed by atoms with Crippen LogP contribution in [0.4, 0.5) is 0 Å². The SMILES string of the molecule is O=P(O)(O)CC[C@H]1O[C@H](OCCCCn2cc(CCCOCCCCOCCCCOCCCCOCCCc3cn(CCCCO[C@H]4O[C@H](CCP(=O)(O)O)[C@@H](O)[C@H](O)[C@@H]4O)nn3)nn2)[C@@H](O)[C@@H](O)[C@@H]1O. The first-order chi connectivity index (χ1) is 34.5. The number of nitrogens with zero attached hydrogens (tertiary/aromatic N) is 6. The summed E-state index contributed by atoms with van der Waals surface area (Å²) >= 11 is 0. The Morgan fingerprint density at radius 2 is 0.764 bits per heavy atom. The first-order valence-electron chi connectivity index (χ1n) is 25.3. The number of hydrogen-bond acceptors (Lipinski definition) is 20. The Morgan fingerprint density at radius 1 is 0.444 bits per heavy atom. The molecule has 0 spiro atoms. The molecule has 2 saturated heterocycles. The van der Waals surface area contributed by atoms with Crippen LogP contribution in [0.5, 0.6) is 0 Å². The normalized spacial score (nSPS) is 25.1. The van der Waals surface area contributed by atoms with E-state index in [0.717, 1.165) is 75.6 Å². The predicted octanol–water partition coefficient (Wildman–Crippen LogP) is 0.186. The number of aryl methyl sites for hydroxylation is 4. The summed E-state index contributed by atoms with van der Waals surface area (Å²) in [5, 5.41) is 77.7. The number of aromatic nitrogens is 6. The molecule has 28 heteroatoms. The summed E-state index contributed by atoms with van der Waals surface area (Å²) < 4.78 is 71.1. The molecule has 2 aliphatic rings. The zero-order chi connectivity index (χ0) is 52.2. The second-order valence-corrected chi connectivity index (χ2v) is 21.8. The molecular weight excluding hydrogens is 994 g/mol. The molecule has 418 valence electrons. The van der Waals surface area contributed by atoms with E-state index in [4.69, 9.17) is 57.5 Å². The fourth-order valence-electron chi connectivity index (χ4n) is 7.80. The summed E-state index contributed by atoms with van der Waals surface area (Å²) in [4.78, 5) is 36.5. The van der Waals surface area contributed by atoms with Gasteiger partial charge in [-0.3, -0.25) is 18.5 Å². The van der Waals surface area contributed by atoms with Crippen molar-refractivity contribution >= 4 is 15.2 Å². The van der Waals surface area contributed by atoms with Crippen LogP contribution in [0.2, 0.25) is 0 Å². The van der Waals surface area contributed by atoms with Gasteiger partial charge in [0.25, 0.3) is 0 Å². The van der Waals surface area contributed by atoms with E-state index in [1.165, 1.54) is 0 Å². The van der Waals surface area contributed by atoms with Crippen LogP contribution in [0.15, 0.2) is 12.4 Å². The molecule has 2 fully saturated rings. The van der Waals surface area contributed by atoms with Crippen LogP contribution in [0.3, 0.4) is 0 Å². The Bertz CT molecular complexity index is 1680. The number of unbranched alkanes of at least 4 members (excludes halogenated alkanes) is 5. The number of aliphatic hydroxyl groups excluding tert-OH is 6. The van der Waals surface area contributed by atoms with Crippen LogP contribution >= 0.6 is 15.2 Å². The summed E-state index contributed by atoms with van der Waals surface area (Å²) in [6.45, 7) is 7.01. The highest BCUT2D eigenvalue weighted by molar-refractivity contribution is 7.52. The van der Waals surface area contributed by atoms with Crippen LogP contribution in [0, 0.1) is 0 Å². The molecule has 0 radical (unpaired) electrons. The molecule has 0 bridgehead atoms. The minimum absolute atomic E-state index is 0.194. The van der Waals surface area contributed by atoms with Gasteiger partial charge >= 0.3 is 15.2 Å². The molecule has 26 nitrogen and oxygen atoms in total. The molecule has 2 aliphatic heterocycles. The lowest BCUT2D eigenvalue weighted by Gasteiger charge is -2.40. The van der Waals surface area contributed by atoms with Gasteiger partial charge in [0.05, 0.1) is 35.9 Å². The minimum Gasteiger partial charge on any atom is -0.388 e. The standard InChI is InChI=1S/C44H82N6O20P2/c51-37-35(15-29-71(57,58)59)69-43(41(55)39(37)53)67-27-3-1-17-49-31-33(45-47-49)13-11-25-65-23-9-7-21-63-19-5-6-20-64-22-8-10-24-66-26-12-14-34-32-50(48-46-34)18-2-4-28-68-44-42(56)40(54)38(52)36(70-44)16-30-72(60,61)62/h31-32,35-44,51-56H,1-30H2,(H2,57,58,59)(H2,60,61,62)/t35-,36-,37-,38-,39+,40+,41+,42+,43+,44+/m1/s1. The lowest BCUT2D eigenvalue weighted by molar-refractivity contribution is -0.297. The monoisotopic (exact) mass is 1080 g/mol. The highest BCUT2D eigenvalue weighted by Gasteiger charge is 2.45. The van der Waals surface area contributed by atoms with E-state index in [1.54, 1.807) is 9.36 Å². The van der Waals surface area contributed by atoms with Crippen LogP contribution in [0.25, 0.3) is 0 Å². The molecule has 2 aromatic rings. The summed E-state index contributed by atoms with van der Waals surface area (Å²) in [7, 11) is -8.65. The molecule has 0 aromatic carbocycles. The van der Waals surface area contributed by atoms with Gasteiger partial charge in [0, 0.05) is 91.6 Å². The lowest BCUT2D eigenvalue weighted by Crippen LogP contribution is -2.58. The molecule has 0 aliphatic carbocycles. The predicted molar refractivity (Wildman–Crippen MR) is 254 cm³/mol. The Kier molecular flexibility index (Phi) is 30.1. The third-order valence-electron chi connectivity index (χ3n) is 12.0. The van der Waals surface area contributed by atoms with Gasteiger partial charge in [-0.05, 0) is 103 Å². The van der Waals surface area contributed by atoms with Crippen LogP contribution in [0.1, 0.15) is 101 Å². The smallest absolute Gasteiger partial charge is 0.325 e. The van der Waals surface area contributed by atoms with E-state index in [2.05, 4.69) is 20.6 Å². The van der Waals surface area contributed by atoms with E-state index in [0.29, 0.717) is 91.6 Å². The third-order valence-corrected chi connectivity index (χ3v) is 13.7. The molecule has 0 amide bonds. The maximum atomic E-state index is 11.2. The van der Waals surface area contributed by atoms with Gasteiger partial charge in [-0.1, -0.05) is 10.4 Å². The maximum absolute atomic E-state index is 11.2. The fraction of sp³-hybridized carbons (Fsp3) is 0.909. The van der Waals surface area contributed by atoms with E-state index in [-0.39, 0.29) is 26.1 Å². The number of hydrogen-bond donors (Lipinski definition) is 10. The van der Waals surface area contributed by atoms with Crippen molar-refractivity contribution in [3.63, 3.8) is 0 Å². The molecule has 2 aromatic heterocycles. The zero-order valence-electron chi connectivity index (χ0n) is 41.3.